The highest BCUT2D eigenvalue weighted by Gasteiger charge is 2.30. The van der Waals surface area contributed by atoms with Crippen LogP contribution in [0.25, 0.3) is 0 Å². The SMILES string of the molecule is C=C[C@@H](c1ccc(C(F)(F)F)cc1)N1CCNCC1.Cl. The molecule has 1 saturated heterocycles. The molecule has 112 valence electrons. The van der Waals surface area contributed by atoms with Crippen LogP contribution in [0, 0.1) is 0 Å². The molecule has 0 saturated carbocycles. The molecular formula is C14H18ClF3N2. The summed E-state index contributed by atoms with van der Waals surface area (Å²) in [7, 11) is 0. The van der Waals surface area contributed by atoms with Gasteiger partial charge in [-0.3, -0.25) is 4.90 Å². The monoisotopic (exact) mass is 306 g/mol. The number of nitrogens with one attached hydrogen (secondary N) is 1. The van der Waals surface area contributed by atoms with Crippen molar-refractivity contribution >= 4 is 12.4 Å². The van der Waals surface area contributed by atoms with Gasteiger partial charge in [0.25, 0.3) is 0 Å². The van der Waals surface area contributed by atoms with Gasteiger partial charge in [0, 0.05) is 26.2 Å². The lowest BCUT2D eigenvalue weighted by Crippen LogP contribution is -2.44. The molecule has 1 atom stereocenters. The molecule has 1 fully saturated rings. The number of alkyl halides is 3. The molecule has 0 amide bonds. The van der Waals surface area contributed by atoms with Crippen LogP contribution in [-0.2, 0) is 6.18 Å². The van der Waals surface area contributed by atoms with Crippen LogP contribution in [0.5, 0.6) is 0 Å². The van der Waals surface area contributed by atoms with Crippen molar-refractivity contribution in [2.75, 3.05) is 26.2 Å². The summed E-state index contributed by atoms with van der Waals surface area (Å²) >= 11 is 0. The van der Waals surface area contributed by atoms with E-state index in [2.05, 4.69) is 16.8 Å². The summed E-state index contributed by atoms with van der Waals surface area (Å²) in [6, 6.07) is 5.32. The molecule has 2 nitrogen and oxygen atoms in total. The summed E-state index contributed by atoms with van der Waals surface area (Å²) in [5.74, 6) is 0. The van der Waals surface area contributed by atoms with Crippen LogP contribution >= 0.6 is 12.4 Å². The molecule has 0 aromatic heterocycles. The molecule has 0 radical (unpaired) electrons. The Morgan fingerprint density at radius 3 is 2.15 bits per heavy atom. The third-order valence-corrected chi connectivity index (χ3v) is 3.35. The van der Waals surface area contributed by atoms with E-state index in [0.717, 1.165) is 43.9 Å². The quantitative estimate of drug-likeness (QED) is 0.862. The van der Waals surface area contributed by atoms with Crippen LogP contribution < -0.4 is 5.32 Å². The van der Waals surface area contributed by atoms with E-state index >= 15 is 0 Å². The number of hydrogen-bond donors (Lipinski definition) is 1. The molecule has 1 N–H and O–H groups in total. The largest absolute Gasteiger partial charge is 0.416 e. The van der Waals surface area contributed by atoms with Crippen molar-refractivity contribution in [1.82, 2.24) is 10.2 Å². The van der Waals surface area contributed by atoms with Gasteiger partial charge >= 0.3 is 6.18 Å². The van der Waals surface area contributed by atoms with Crippen LogP contribution in [0.15, 0.2) is 36.9 Å². The van der Waals surface area contributed by atoms with Crippen molar-refractivity contribution in [3.63, 3.8) is 0 Å². The second-order valence-electron chi connectivity index (χ2n) is 4.59. The zero-order valence-electron chi connectivity index (χ0n) is 11.0. The van der Waals surface area contributed by atoms with Crippen LogP contribution in [0.1, 0.15) is 17.2 Å². The molecule has 0 spiro atoms. The molecule has 20 heavy (non-hydrogen) atoms. The Morgan fingerprint density at radius 1 is 1.15 bits per heavy atom. The number of hydrogen-bond acceptors (Lipinski definition) is 2. The second kappa shape index (κ2) is 7.11. The van der Waals surface area contributed by atoms with Gasteiger partial charge in [-0.25, -0.2) is 0 Å². The highest BCUT2D eigenvalue weighted by atomic mass is 35.5. The molecular weight excluding hydrogens is 289 g/mol. The van der Waals surface area contributed by atoms with E-state index in [-0.39, 0.29) is 18.4 Å². The fourth-order valence-electron chi connectivity index (χ4n) is 2.33. The van der Waals surface area contributed by atoms with Crippen molar-refractivity contribution in [3.05, 3.63) is 48.0 Å². The summed E-state index contributed by atoms with van der Waals surface area (Å²) in [5.41, 5.74) is 0.240. The minimum absolute atomic E-state index is 0. The van der Waals surface area contributed by atoms with Crippen molar-refractivity contribution in [3.8, 4) is 0 Å². The van der Waals surface area contributed by atoms with E-state index in [9.17, 15) is 13.2 Å². The average molecular weight is 307 g/mol. The first-order chi connectivity index (χ1) is 9.02. The van der Waals surface area contributed by atoms with E-state index < -0.39 is 11.7 Å². The lowest BCUT2D eigenvalue weighted by Gasteiger charge is -2.33. The smallest absolute Gasteiger partial charge is 0.314 e. The lowest BCUT2D eigenvalue weighted by atomic mass is 10.0. The highest BCUT2D eigenvalue weighted by molar-refractivity contribution is 5.85. The molecule has 6 heteroatoms. The van der Waals surface area contributed by atoms with Gasteiger partial charge in [-0.1, -0.05) is 18.2 Å². The number of nitrogens with zero attached hydrogens (tertiary/aromatic N) is 1. The summed E-state index contributed by atoms with van der Waals surface area (Å²) in [5, 5.41) is 3.25. The van der Waals surface area contributed by atoms with Gasteiger partial charge in [0.1, 0.15) is 0 Å². The van der Waals surface area contributed by atoms with Crippen LogP contribution in [0.2, 0.25) is 0 Å². The molecule has 1 aliphatic rings. The Bertz CT molecular complexity index is 425. The maximum Gasteiger partial charge on any atom is 0.416 e. The van der Waals surface area contributed by atoms with Gasteiger partial charge in [-0.05, 0) is 17.7 Å². The van der Waals surface area contributed by atoms with Crippen molar-refractivity contribution in [2.45, 2.75) is 12.2 Å². The maximum absolute atomic E-state index is 12.5. The summed E-state index contributed by atoms with van der Waals surface area (Å²) in [4.78, 5) is 2.21. The minimum Gasteiger partial charge on any atom is -0.314 e. The summed E-state index contributed by atoms with van der Waals surface area (Å²) in [6.45, 7) is 7.33. The fraction of sp³-hybridized carbons (Fsp3) is 0.429. The Kier molecular flexibility index (Phi) is 6.05. The van der Waals surface area contributed by atoms with E-state index in [1.54, 1.807) is 6.08 Å². The molecule has 1 heterocycles. The number of rotatable bonds is 3. The molecule has 0 unspecified atom stereocenters. The van der Waals surface area contributed by atoms with Gasteiger partial charge in [0.15, 0.2) is 0 Å². The van der Waals surface area contributed by atoms with Crippen molar-refractivity contribution in [2.24, 2.45) is 0 Å². The Hall–Kier alpha value is -1.04. The van der Waals surface area contributed by atoms with Gasteiger partial charge < -0.3 is 5.32 Å². The number of halogens is 4. The molecule has 1 aromatic carbocycles. The average Bonchev–Trinajstić information content (AvgIpc) is 2.40. The third-order valence-electron chi connectivity index (χ3n) is 3.35. The normalized spacial score (nSPS) is 18.1. The van der Waals surface area contributed by atoms with Gasteiger partial charge in [0.05, 0.1) is 11.6 Å². The zero-order chi connectivity index (χ0) is 13.9. The lowest BCUT2D eigenvalue weighted by molar-refractivity contribution is -0.137. The van der Waals surface area contributed by atoms with E-state index in [4.69, 9.17) is 0 Å². The van der Waals surface area contributed by atoms with E-state index in [1.807, 2.05) is 0 Å². The molecule has 0 bridgehead atoms. The van der Waals surface area contributed by atoms with Gasteiger partial charge in [-0.2, -0.15) is 13.2 Å². The zero-order valence-corrected chi connectivity index (χ0v) is 11.8. The molecule has 1 aliphatic heterocycles. The van der Waals surface area contributed by atoms with E-state index in [0.29, 0.717) is 0 Å². The van der Waals surface area contributed by atoms with Gasteiger partial charge in [0.2, 0.25) is 0 Å². The Balaban J connectivity index is 0.00000200. The van der Waals surface area contributed by atoms with Crippen LogP contribution in [0.4, 0.5) is 13.2 Å². The number of piperazine rings is 1. The first kappa shape index (κ1) is 17.0. The highest BCUT2D eigenvalue weighted by Crippen LogP contribution is 2.31. The topological polar surface area (TPSA) is 15.3 Å². The Morgan fingerprint density at radius 2 is 1.70 bits per heavy atom. The third kappa shape index (κ3) is 3.98. The first-order valence-electron chi connectivity index (χ1n) is 6.27. The maximum atomic E-state index is 12.5. The predicted molar refractivity (Wildman–Crippen MR) is 76.1 cm³/mol. The molecule has 2 rings (SSSR count). The van der Waals surface area contributed by atoms with E-state index in [1.165, 1.54) is 12.1 Å². The number of benzene rings is 1. The molecule has 1 aromatic rings. The summed E-state index contributed by atoms with van der Waals surface area (Å²) < 4.78 is 37.6. The predicted octanol–water partition coefficient (Wildman–Crippen LogP) is 3.26. The standard InChI is InChI=1S/C14H17F3N2.ClH/c1-2-13(19-9-7-18-8-10-19)11-3-5-12(6-4-11)14(15,16)17;/h2-6,13,18H,1,7-10H2;1H/t13-;/m0./s1. The van der Waals surface area contributed by atoms with Crippen molar-refractivity contribution in [1.29, 1.82) is 0 Å². The second-order valence-corrected chi connectivity index (χ2v) is 4.59. The first-order valence-corrected chi connectivity index (χ1v) is 6.27. The summed E-state index contributed by atoms with van der Waals surface area (Å²) in [6.07, 6.45) is -2.49. The Labute approximate surface area is 123 Å². The fourth-order valence-corrected chi connectivity index (χ4v) is 2.33. The van der Waals surface area contributed by atoms with Crippen LogP contribution in [0.3, 0.4) is 0 Å². The minimum atomic E-state index is -4.28. The van der Waals surface area contributed by atoms with Gasteiger partial charge in [-0.15, -0.1) is 19.0 Å². The molecule has 0 aliphatic carbocycles. The van der Waals surface area contributed by atoms with Crippen molar-refractivity contribution < 1.29 is 13.2 Å². The van der Waals surface area contributed by atoms with Crippen LogP contribution in [-0.4, -0.2) is 31.1 Å².